The quantitative estimate of drug-likeness (QED) is 0.529. The third-order valence-electron chi connectivity index (χ3n) is 1.96. The van der Waals surface area contributed by atoms with Crippen molar-refractivity contribution in [3.05, 3.63) is 22.8 Å². The maximum absolute atomic E-state index is 11.1. The van der Waals surface area contributed by atoms with Gasteiger partial charge in [-0.05, 0) is 0 Å². The molecule has 2 aromatic heterocycles. The fraction of sp³-hybridized carbons (Fsp3) is 0.200. The second kappa shape index (κ2) is 4.65. The van der Waals surface area contributed by atoms with Gasteiger partial charge in [0, 0.05) is 0 Å². The van der Waals surface area contributed by atoms with Crippen LogP contribution in [0.1, 0.15) is 9.23 Å². The van der Waals surface area contributed by atoms with Crippen molar-refractivity contribution in [1.82, 2.24) is 9.99 Å². The monoisotopic (exact) mass is 298 g/mol. The van der Waals surface area contributed by atoms with Crippen molar-refractivity contribution in [2.24, 2.45) is 10.3 Å². The van der Waals surface area contributed by atoms with Crippen LogP contribution in [0.5, 0.6) is 0 Å². The van der Waals surface area contributed by atoms with E-state index in [2.05, 4.69) is 15.3 Å². The first-order valence-corrected chi connectivity index (χ1v) is 6.50. The summed E-state index contributed by atoms with van der Waals surface area (Å²) in [6, 6.07) is 3.59. The molecule has 0 saturated heterocycles. The molecule has 0 aliphatic rings. The van der Waals surface area contributed by atoms with E-state index in [1.165, 1.54) is 5.01 Å². The van der Waals surface area contributed by atoms with Gasteiger partial charge in [0.25, 0.3) is 0 Å². The van der Waals surface area contributed by atoms with E-state index in [0.717, 1.165) is 9.78 Å². The molecule has 2 rings (SSSR count). The van der Waals surface area contributed by atoms with Gasteiger partial charge in [-0.15, -0.1) is 0 Å². The van der Waals surface area contributed by atoms with Crippen molar-refractivity contribution >= 4 is 35.9 Å². The fourth-order valence-corrected chi connectivity index (χ4v) is 3.22. The van der Waals surface area contributed by atoms with Crippen LogP contribution in [0, 0.1) is 0 Å². The van der Waals surface area contributed by atoms with Gasteiger partial charge >= 0.3 is 103 Å². The summed E-state index contributed by atoms with van der Waals surface area (Å²) in [6.45, 7) is 0. The number of nitrogens with zero attached hydrogens (tertiary/aromatic N) is 4. The number of carboxylic acid groups (broad SMARTS) is 1. The van der Waals surface area contributed by atoms with Crippen LogP contribution in [-0.4, -0.2) is 49.7 Å². The van der Waals surface area contributed by atoms with Crippen LogP contribution < -0.4 is 0 Å². The molecule has 0 fully saturated rings. The van der Waals surface area contributed by atoms with Gasteiger partial charge in [0.2, 0.25) is 0 Å². The van der Waals surface area contributed by atoms with Crippen molar-refractivity contribution in [2.75, 3.05) is 14.1 Å². The van der Waals surface area contributed by atoms with Crippen molar-refractivity contribution < 1.29 is 9.90 Å². The Morgan fingerprint density at radius 3 is 2.94 bits per heavy atom. The van der Waals surface area contributed by atoms with E-state index in [0.29, 0.717) is 10.1 Å². The van der Waals surface area contributed by atoms with Crippen LogP contribution >= 0.6 is 0 Å². The van der Waals surface area contributed by atoms with E-state index in [1.807, 2.05) is 6.07 Å². The molecule has 0 aliphatic carbocycles. The number of carboxylic acids is 1. The number of hydrogen-bond donors (Lipinski definition) is 1. The second-order valence-electron chi connectivity index (χ2n) is 3.48. The minimum absolute atomic E-state index is 0.302. The predicted octanol–water partition coefficient (Wildman–Crippen LogP) is 1.55. The Hall–Kier alpha value is -1.72. The third kappa shape index (κ3) is 2.35. The number of fused-ring (bicyclic) bond motifs is 1. The Labute approximate surface area is 103 Å². The van der Waals surface area contributed by atoms with Gasteiger partial charge in [-0.1, -0.05) is 0 Å². The van der Waals surface area contributed by atoms with E-state index in [4.69, 9.17) is 5.11 Å². The van der Waals surface area contributed by atoms with E-state index in [9.17, 15) is 4.79 Å². The SMILES string of the molecule is CN(C)/N=N/c1c(C(=O)O)[se]c2ncccc12. The van der Waals surface area contributed by atoms with Gasteiger partial charge in [-0.3, -0.25) is 0 Å². The predicted molar refractivity (Wildman–Crippen MR) is 63.8 cm³/mol. The van der Waals surface area contributed by atoms with E-state index >= 15 is 0 Å². The van der Waals surface area contributed by atoms with Crippen LogP contribution in [0.15, 0.2) is 28.7 Å². The summed E-state index contributed by atoms with van der Waals surface area (Å²) in [5, 5.41) is 19.3. The molecular weight excluding hydrogens is 287 g/mol. The molecule has 0 amide bonds. The van der Waals surface area contributed by atoms with E-state index < -0.39 is 5.97 Å². The molecule has 1 N–H and O–H groups in total. The molecule has 0 aliphatic heterocycles. The molecule has 0 unspecified atom stereocenters. The van der Waals surface area contributed by atoms with E-state index in [1.54, 1.807) is 26.4 Å². The minimum atomic E-state index is -0.948. The molecule has 2 heterocycles. The molecular formula is C10H10N4O2Se. The maximum atomic E-state index is 11.1. The molecule has 0 saturated carbocycles. The molecule has 0 atom stereocenters. The molecule has 0 spiro atoms. The van der Waals surface area contributed by atoms with Gasteiger partial charge in [0.1, 0.15) is 0 Å². The Kier molecular flexibility index (Phi) is 3.21. The zero-order valence-corrected chi connectivity index (χ0v) is 11.0. The summed E-state index contributed by atoms with van der Waals surface area (Å²) < 4.78 is 1.10. The summed E-state index contributed by atoms with van der Waals surface area (Å²) in [6.07, 6.45) is 1.66. The van der Waals surface area contributed by atoms with Crippen LogP contribution in [0.2, 0.25) is 0 Å². The van der Waals surface area contributed by atoms with Crippen LogP contribution in [0.25, 0.3) is 9.78 Å². The van der Waals surface area contributed by atoms with Crippen LogP contribution in [0.4, 0.5) is 5.69 Å². The van der Waals surface area contributed by atoms with Gasteiger partial charge in [-0.2, -0.15) is 0 Å². The topological polar surface area (TPSA) is 78.2 Å². The fourth-order valence-electron chi connectivity index (χ4n) is 1.30. The molecule has 7 heteroatoms. The van der Waals surface area contributed by atoms with Crippen molar-refractivity contribution in [3.63, 3.8) is 0 Å². The zero-order chi connectivity index (χ0) is 12.4. The molecule has 0 aromatic carbocycles. The number of pyridine rings is 1. The molecule has 88 valence electrons. The molecule has 2 aromatic rings. The Morgan fingerprint density at radius 2 is 2.29 bits per heavy atom. The average molecular weight is 297 g/mol. The molecule has 17 heavy (non-hydrogen) atoms. The average Bonchev–Trinajstić information content (AvgIpc) is 2.65. The first-order valence-electron chi connectivity index (χ1n) is 4.79. The summed E-state index contributed by atoms with van der Waals surface area (Å²) in [5.41, 5.74) is 0.425. The van der Waals surface area contributed by atoms with Gasteiger partial charge in [0.15, 0.2) is 0 Å². The normalized spacial score (nSPS) is 11.2. The first-order chi connectivity index (χ1) is 8.09. The standard InChI is InChI=1S/C10H10N4O2Se/c1-14(2)13-12-7-6-4-3-5-11-9(6)17-8(7)10(15)16/h3-5H,1-2H3,(H,15,16)/b13-12+. The number of aromatic carboxylic acids is 1. The van der Waals surface area contributed by atoms with Crippen LogP contribution in [-0.2, 0) is 0 Å². The number of carbonyl (C=O) groups is 1. The number of rotatable bonds is 3. The summed E-state index contributed by atoms with van der Waals surface area (Å²) in [5.74, 6) is -0.948. The Balaban J connectivity index is 2.64. The van der Waals surface area contributed by atoms with Gasteiger partial charge in [0.05, 0.1) is 0 Å². The molecule has 0 bridgehead atoms. The first kappa shape index (κ1) is 11.8. The third-order valence-corrected chi connectivity index (χ3v) is 4.25. The summed E-state index contributed by atoms with van der Waals surface area (Å²) >= 11 is -0.302. The van der Waals surface area contributed by atoms with Crippen molar-refractivity contribution in [3.8, 4) is 0 Å². The number of aromatic nitrogens is 1. The van der Waals surface area contributed by atoms with Crippen molar-refractivity contribution in [1.29, 1.82) is 0 Å². The van der Waals surface area contributed by atoms with Crippen molar-refractivity contribution in [2.45, 2.75) is 0 Å². The van der Waals surface area contributed by atoms with Gasteiger partial charge in [-0.25, -0.2) is 0 Å². The Bertz CT molecular complexity index is 591. The zero-order valence-electron chi connectivity index (χ0n) is 9.28. The molecule has 0 radical (unpaired) electrons. The second-order valence-corrected chi connectivity index (χ2v) is 5.57. The van der Waals surface area contributed by atoms with E-state index in [-0.39, 0.29) is 14.5 Å². The summed E-state index contributed by atoms with van der Waals surface area (Å²) in [7, 11) is 3.46. The summed E-state index contributed by atoms with van der Waals surface area (Å²) in [4.78, 5) is 15.3. The number of hydrogen-bond acceptors (Lipinski definition) is 4. The molecule has 6 nitrogen and oxygen atoms in total. The Morgan fingerprint density at radius 1 is 1.53 bits per heavy atom. The van der Waals surface area contributed by atoms with Crippen LogP contribution in [0.3, 0.4) is 0 Å². The van der Waals surface area contributed by atoms with Gasteiger partial charge < -0.3 is 0 Å².